The Morgan fingerprint density at radius 1 is 1.17 bits per heavy atom. The number of ether oxygens (including phenoxy) is 1. The van der Waals surface area contributed by atoms with Gasteiger partial charge < -0.3 is 4.74 Å². The van der Waals surface area contributed by atoms with Gasteiger partial charge in [-0.3, -0.25) is 4.79 Å². The molecule has 0 fully saturated rings. The monoisotopic (exact) mass is 266 g/mol. The fraction of sp³-hybridized carbons (Fsp3) is 0.533. The van der Waals surface area contributed by atoms with Crippen molar-refractivity contribution in [3.8, 4) is 5.75 Å². The predicted octanol–water partition coefficient (Wildman–Crippen LogP) is 4.05. The second-order valence-corrected chi connectivity index (χ2v) is 6.58. The van der Waals surface area contributed by atoms with Gasteiger partial charge in [0.15, 0.2) is 5.78 Å². The minimum Gasteiger partial charge on any atom is -0.493 e. The number of carbonyl (C=O) groups is 1. The normalized spacial score (nSPS) is 11.0. The quantitative estimate of drug-likeness (QED) is 0.697. The topological polar surface area (TPSA) is 26.3 Å². The highest BCUT2D eigenvalue weighted by atomic mass is 32.2. The molecule has 0 aliphatic heterocycles. The minimum atomic E-state index is 0.184. The number of carbonyl (C=O) groups excluding carboxylic acids is 1. The molecule has 0 amide bonds. The molecule has 0 radical (unpaired) electrons. The van der Waals surface area contributed by atoms with Gasteiger partial charge >= 0.3 is 0 Å². The molecule has 0 aromatic heterocycles. The summed E-state index contributed by atoms with van der Waals surface area (Å²) in [6.07, 6.45) is 0. The van der Waals surface area contributed by atoms with Gasteiger partial charge in [-0.05, 0) is 35.4 Å². The Hall–Kier alpha value is -0.960. The highest BCUT2D eigenvalue weighted by Crippen LogP contribution is 2.16. The largest absolute Gasteiger partial charge is 0.493 e. The molecule has 0 heterocycles. The van der Waals surface area contributed by atoms with Crippen molar-refractivity contribution in [3.63, 3.8) is 0 Å². The molecular formula is C15H22O2S. The zero-order valence-corrected chi connectivity index (χ0v) is 12.4. The van der Waals surface area contributed by atoms with Crippen molar-refractivity contribution < 1.29 is 9.53 Å². The van der Waals surface area contributed by atoms with Gasteiger partial charge in [-0.25, -0.2) is 0 Å². The Morgan fingerprint density at radius 3 is 2.28 bits per heavy atom. The minimum absolute atomic E-state index is 0.184. The van der Waals surface area contributed by atoms with Crippen LogP contribution in [-0.4, -0.2) is 23.4 Å². The van der Waals surface area contributed by atoms with E-state index < -0.39 is 0 Å². The summed E-state index contributed by atoms with van der Waals surface area (Å²) in [4.78, 5) is 11.9. The summed E-state index contributed by atoms with van der Waals surface area (Å²) < 4.78 is 5.58. The molecule has 1 aromatic carbocycles. The van der Waals surface area contributed by atoms with Crippen molar-refractivity contribution in [1.82, 2.24) is 0 Å². The van der Waals surface area contributed by atoms with E-state index in [0.29, 0.717) is 23.5 Å². The van der Waals surface area contributed by atoms with E-state index in [4.69, 9.17) is 4.74 Å². The van der Waals surface area contributed by atoms with Crippen LogP contribution < -0.4 is 4.74 Å². The number of rotatable bonds is 7. The van der Waals surface area contributed by atoms with Crippen molar-refractivity contribution in [1.29, 1.82) is 0 Å². The lowest BCUT2D eigenvalue weighted by atomic mass is 10.1. The lowest BCUT2D eigenvalue weighted by Gasteiger charge is -2.09. The molecule has 0 saturated heterocycles. The van der Waals surface area contributed by atoms with Gasteiger partial charge in [-0.2, -0.15) is 11.8 Å². The summed E-state index contributed by atoms with van der Waals surface area (Å²) in [6, 6.07) is 7.43. The van der Waals surface area contributed by atoms with Crippen LogP contribution in [0.25, 0.3) is 0 Å². The Morgan fingerprint density at radius 2 is 1.78 bits per heavy atom. The van der Waals surface area contributed by atoms with Crippen LogP contribution in [0.15, 0.2) is 24.3 Å². The summed E-state index contributed by atoms with van der Waals surface area (Å²) >= 11 is 1.67. The summed E-state index contributed by atoms with van der Waals surface area (Å²) in [7, 11) is 0. The van der Waals surface area contributed by atoms with E-state index in [0.717, 1.165) is 11.3 Å². The maximum atomic E-state index is 11.9. The molecule has 0 aliphatic carbocycles. The second-order valence-electron chi connectivity index (χ2n) is 5.01. The van der Waals surface area contributed by atoms with E-state index in [1.165, 1.54) is 0 Å². The smallest absolute Gasteiger partial charge is 0.172 e. The average molecular weight is 266 g/mol. The number of Topliss-reactive ketones (excluding diaryl/α,β-unsaturated/α-hetero) is 1. The highest BCUT2D eigenvalue weighted by molar-refractivity contribution is 8.00. The standard InChI is InChI=1S/C15H22O2S/c1-11(2)9-17-14-7-5-13(6-8-14)15(16)10-18-12(3)4/h5-8,11-12H,9-10H2,1-4H3. The van der Waals surface area contributed by atoms with Gasteiger partial charge in [0.1, 0.15) is 5.75 Å². The van der Waals surface area contributed by atoms with E-state index >= 15 is 0 Å². The molecule has 1 aromatic rings. The fourth-order valence-electron chi connectivity index (χ4n) is 1.33. The molecule has 0 bridgehead atoms. The molecule has 0 spiro atoms. The summed E-state index contributed by atoms with van der Waals surface area (Å²) in [5, 5.41) is 0.489. The van der Waals surface area contributed by atoms with E-state index in [1.807, 2.05) is 24.3 Å². The van der Waals surface area contributed by atoms with Crippen LogP contribution in [0, 0.1) is 5.92 Å². The molecule has 1 rings (SSSR count). The Balaban J connectivity index is 2.51. The molecule has 3 heteroatoms. The van der Waals surface area contributed by atoms with E-state index in [1.54, 1.807) is 11.8 Å². The van der Waals surface area contributed by atoms with Crippen molar-refractivity contribution >= 4 is 17.5 Å². The molecule has 0 atom stereocenters. The van der Waals surface area contributed by atoms with E-state index in [9.17, 15) is 4.79 Å². The number of hydrogen-bond donors (Lipinski definition) is 0. The van der Waals surface area contributed by atoms with Gasteiger partial charge in [-0.15, -0.1) is 0 Å². The van der Waals surface area contributed by atoms with Gasteiger partial charge in [0.25, 0.3) is 0 Å². The summed E-state index contributed by atoms with van der Waals surface area (Å²) in [5.74, 6) is 2.07. The van der Waals surface area contributed by atoms with Gasteiger partial charge in [0.2, 0.25) is 0 Å². The molecule has 0 saturated carbocycles. The van der Waals surface area contributed by atoms with Gasteiger partial charge in [-0.1, -0.05) is 27.7 Å². The predicted molar refractivity (Wildman–Crippen MR) is 78.7 cm³/mol. The van der Waals surface area contributed by atoms with Crippen LogP contribution >= 0.6 is 11.8 Å². The first-order valence-corrected chi connectivity index (χ1v) is 7.41. The van der Waals surface area contributed by atoms with Gasteiger partial charge in [0, 0.05) is 5.56 Å². The lowest BCUT2D eigenvalue weighted by molar-refractivity contribution is 0.102. The van der Waals surface area contributed by atoms with Crippen LogP contribution in [0.3, 0.4) is 0 Å². The van der Waals surface area contributed by atoms with Crippen molar-refractivity contribution in [3.05, 3.63) is 29.8 Å². The zero-order chi connectivity index (χ0) is 13.5. The van der Waals surface area contributed by atoms with Crippen LogP contribution in [0.5, 0.6) is 5.75 Å². The van der Waals surface area contributed by atoms with Crippen LogP contribution in [0.1, 0.15) is 38.1 Å². The molecular weight excluding hydrogens is 244 g/mol. The fourth-order valence-corrected chi connectivity index (χ4v) is 1.98. The first kappa shape index (κ1) is 15.1. The van der Waals surface area contributed by atoms with E-state index in [2.05, 4.69) is 27.7 Å². The van der Waals surface area contributed by atoms with Crippen molar-refractivity contribution in [2.45, 2.75) is 32.9 Å². The molecule has 0 unspecified atom stereocenters. The third-order valence-corrected chi connectivity index (χ3v) is 3.40. The van der Waals surface area contributed by atoms with Crippen LogP contribution in [-0.2, 0) is 0 Å². The number of ketones is 1. The van der Waals surface area contributed by atoms with Crippen molar-refractivity contribution in [2.75, 3.05) is 12.4 Å². The number of benzene rings is 1. The SMILES string of the molecule is CC(C)COc1ccc(C(=O)CSC(C)C)cc1. The third kappa shape index (κ3) is 5.58. The first-order chi connectivity index (χ1) is 8.49. The van der Waals surface area contributed by atoms with Crippen LogP contribution in [0.2, 0.25) is 0 Å². The first-order valence-electron chi connectivity index (χ1n) is 6.36. The number of thioether (sulfide) groups is 1. The Labute approximate surface area is 114 Å². The maximum absolute atomic E-state index is 11.9. The number of hydrogen-bond acceptors (Lipinski definition) is 3. The second kappa shape index (κ2) is 7.47. The Kier molecular flexibility index (Phi) is 6.27. The molecule has 18 heavy (non-hydrogen) atoms. The maximum Gasteiger partial charge on any atom is 0.172 e. The van der Waals surface area contributed by atoms with Crippen LogP contribution in [0.4, 0.5) is 0 Å². The Bertz CT molecular complexity index is 369. The van der Waals surface area contributed by atoms with Crippen molar-refractivity contribution in [2.24, 2.45) is 5.92 Å². The zero-order valence-electron chi connectivity index (χ0n) is 11.6. The summed E-state index contributed by atoms with van der Waals surface area (Å²) in [6.45, 7) is 9.13. The molecule has 0 aliphatic rings. The van der Waals surface area contributed by atoms with Gasteiger partial charge in [0.05, 0.1) is 12.4 Å². The molecule has 2 nitrogen and oxygen atoms in total. The highest BCUT2D eigenvalue weighted by Gasteiger charge is 2.07. The molecule has 0 N–H and O–H groups in total. The molecule has 100 valence electrons. The summed E-state index contributed by atoms with van der Waals surface area (Å²) in [5.41, 5.74) is 0.764. The lowest BCUT2D eigenvalue weighted by Crippen LogP contribution is -2.06. The van der Waals surface area contributed by atoms with E-state index in [-0.39, 0.29) is 5.78 Å². The third-order valence-electron chi connectivity index (χ3n) is 2.31. The average Bonchev–Trinajstić information content (AvgIpc) is 2.34.